The maximum absolute atomic E-state index is 5.51. The highest BCUT2D eigenvalue weighted by molar-refractivity contribution is 4.68. The van der Waals surface area contributed by atoms with Crippen molar-refractivity contribution in [3.63, 3.8) is 0 Å². The molecule has 18 heavy (non-hydrogen) atoms. The molecule has 0 spiro atoms. The third-order valence-electron chi connectivity index (χ3n) is 2.70. The zero-order chi connectivity index (χ0) is 13.5. The van der Waals surface area contributed by atoms with Crippen molar-refractivity contribution in [2.45, 2.75) is 19.3 Å². The van der Waals surface area contributed by atoms with E-state index in [4.69, 9.17) is 9.47 Å². The summed E-state index contributed by atoms with van der Waals surface area (Å²) in [6.45, 7) is 10.3. The van der Waals surface area contributed by atoms with Gasteiger partial charge in [-0.15, -0.1) is 6.58 Å². The molecule has 1 N–H and O–H groups in total. The van der Waals surface area contributed by atoms with Crippen LogP contribution in [0.15, 0.2) is 12.7 Å². The van der Waals surface area contributed by atoms with E-state index in [0.717, 1.165) is 65.3 Å². The third-order valence-corrected chi connectivity index (χ3v) is 2.70. The van der Waals surface area contributed by atoms with Crippen molar-refractivity contribution in [2.24, 2.45) is 0 Å². The minimum absolute atomic E-state index is 0.795. The molecule has 0 bridgehead atoms. The second kappa shape index (κ2) is 14.6. The average molecular weight is 258 g/mol. The first-order valence-corrected chi connectivity index (χ1v) is 6.88. The monoisotopic (exact) mass is 258 g/mol. The SMILES string of the molecule is C=CCCN(C)CCNCCOCCCCOC. The van der Waals surface area contributed by atoms with Crippen LogP contribution in [0.3, 0.4) is 0 Å². The molecule has 0 aromatic heterocycles. The zero-order valence-electron chi connectivity index (χ0n) is 12.1. The minimum atomic E-state index is 0.795. The number of hydrogen-bond acceptors (Lipinski definition) is 4. The van der Waals surface area contributed by atoms with Crippen molar-refractivity contribution in [1.29, 1.82) is 0 Å². The highest BCUT2D eigenvalue weighted by Crippen LogP contribution is 1.90. The van der Waals surface area contributed by atoms with Crippen molar-refractivity contribution < 1.29 is 9.47 Å². The molecule has 4 heteroatoms. The number of unbranched alkanes of at least 4 members (excludes halogenated alkanes) is 1. The molecule has 0 aliphatic rings. The predicted octanol–water partition coefficient (Wildman–Crippen LogP) is 1.53. The Bertz CT molecular complexity index is 177. The van der Waals surface area contributed by atoms with Gasteiger partial charge >= 0.3 is 0 Å². The summed E-state index contributed by atoms with van der Waals surface area (Å²) in [5, 5.41) is 3.38. The van der Waals surface area contributed by atoms with Crippen LogP contribution in [0.2, 0.25) is 0 Å². The summed E-state index contributed by atoms with van der Waals surface area (Å²) in [6.07, 6.45) is 5.18. The Labute approximate surface area is 112 Å². The van der Waals surface area contributed by atoms with Crippen molar-refractivity contribution in [1.82, 2.24) is 10.2 Å². The smallest absolute Gasteiger partial charge is 0.0590 e. The van der Waals surface area contributed by atoms with E-state index in [1.807, 2.05) is 6.08 Å². The minimum Gasteiger partial charge on any atom is -0.385 e. The molecule has 0 fully saturated rings. The predicted molar refractivity (Wildman–Crippen MR) is 77.1 cm³/mol. The Morgan fingerprint density at radius 1 is 1.11 bits per heavy atom. The molecule has 0 saturated carbocycles. The highest BCUT2D eigenvalue weighted by atomic mass is 16.5. The van der Waals surface area contributed by atoms with Gasteiger partial charge < -0.3 is 19.7 Å². The van der Waals surface area contributed by atoms with Gasteiger partial charge in [-0.3, -0.25) is 0 Å². The van der Waals surface area contributed by atoms with Crippen molar-refractivity contribution in [3.8, 4) is 0 Å². The molecule has 0 amide bonds. The van der Waals surface area contributed by atoms with Crippen molar-refractivity contribution in [3.05, 3.63) is 12.7 Å². The lowest BCUT2D eigenvalue weighted by Gasteiger charge is -2.15. The fourth-order valence-electron chi connectivity index (χ4n) is 1.52. The Morgan fingerprint density at radius 3 is 2.61 bits per heavy atom. The molecular weight excluding hydrogens is 228 g/mol. The lowest BCUT2D eigenvalue weighted by atomic mass is 10.3. The molecule has 4 nitrogen and oxygen atoms in total. The van der Waals surface area contributed by atoms with E-state index >= 15 is 0 Å². The first-order chi connectivity index (χ1) is 8.81. The quantitative estimate of drug-likeness (QED) is 0.378. The molecule has 0 aliphatic carbocycles. The van der Waals surface area contributed by atoms with Crippen LogP contribution in [-0.2, 0) is 9.47 Å². The van der Waals surface area contributed by atoms with Crippen LogP contribution >= 0.6 is 0 Å². The van der Waals surface area contributed by atoms with Crippen LogP contribution < -0.4 is 5.32 Å². The molecule has 0 atom stereocenters. The van der Waals surface area contributed by atoms with E-state index in [2.05, 4.69) is 23.8 Å². The summed E-state index contributed by atoms with van der Waals surface area (Å²) >= 11 is 0. The Morgan fingerprint density at radius 2 is 1.89 bits per heavy atom. The Kier molecular flexibility index (Phi) is 14.3. The summed E-state index contributed by atoms with van der Waals surface area (Å²) in [6, 6.07) is 0. The molecule has 0 unspecified atom stereocenters. The third kappa shape index (κ3) is 13.6. The van der Waals surface area contributed by atoms with Gasteiger partial charge in [0.1, 0.15) is 0 Å². The van der Waals surface area contributed by atoms with E-state index in [1.54, 1.807) is 7.11 Å². The van der Waals surface area contributed by atoms with Crippen LogP contribution in [0.5, 0.6) is 0 Å². The lowest BCUT2D eigenvalue weighted by molar-refractivity contribution is 0.120. The molecule has 0 radical (unpaired) electrons. The summed E-state index contributed by atoms with van der Waals surface area (Å²) < 4.78 is 10.5. The number of rotatable bonds is 14. The molecule has 0 saturated heterocycles. The van der Waals surface area contributed by atoms with Crippen LogP contribution in [-0.4, -0.2) is 65.1 Å². The Balaban J connectivity index is 3.04. The maximum Gasteiger partial charge on any atom is 0.0590 e. The second-order valence-electron chi connectivity index (χ2n) is 4.44. The van der Waals surface area contributed by atoms with Crippen LogP contribution in [0.4, 0.5) is 0 Å². The van der Waals surface area contributed by atoms with Crippen LogP contribution in [0.25, 0.3) is 0 Å². The molecule has 0 rings (SSSR count). The van der Waals surface area contributed by atoms with Crippen LogP contribution in [0.1, 0.15) is 19.3 Å². The van der Waals surface area contributed by atoms with Crippen molar-refractivity contribution in [2.75, 3.05) is 60.2 Å². The number of nitrogens with zero attached hydrogens (tertiary/aromatic N) is 1. The van der Waals surface area contributed by atoms with E-state index in [9.17, 15) is 0 Å². The van der Waals surface area contributed by atoms with Crippen molar-refractivity contribution >= 4 is 0 Å². The normalized spacial score (nSPS) is 11.1. The van der Waals surface area contributed by atoms with Gasteiger partial charge in [0.05, 0.1) is 6.61 Å². The van der Waals surface area contributed by atoms with Gasteiger partial charge in [-0.1, -0.05) is 6.08 Å². The fourth-order valence-corrected chi connectivity index (χ4v) is 1.52. The number of likely N-dealkylation sites (N-methyl/N-ethyl adjacent to an activating group) is 1. The molecule has 0 heterocycles. The van der Waals surface area contributed by atoms with Crippen LogP contribution in [0, 0.1) is 0 Å². The summed E-state index contributed by atoms with van der Waals surface area (Å²) in [5.41, 5.74) is 0. The fraction of sp³-hybridized carbons (Fsp3) is 0.857. The standard InChI is InChI=1S/C14H30N2O2/c1-4-5-10-16(2)11-8-15-9-14-18-13-7-6-12-17-3/h4,15H,1,5-14H2,2-3H3. The largest absolute Gasteiger partial charge is 0.385 e. The van der Waals surface area contributed by atoms with E-state index in [-0.39, 0.29) is 0 Å². The second-order valence-corrected chi connectivity index (χ2v) is 4.44. The van der Waals surface area contributed by atoms with E-state index in [0.29, 0.717) is 0 Å². The molecule has 108 valence electrons. The van der Waals surface area contributed by atoms with E-state index < -0.39 is 0 Å². The summed E-state index contributed by atoms with van der Waals surface area (Å²) in [4.78, 5) is 2.31. The highest BCUT2D eigenvalue weighted by Gasteiger charge is 1.95. The van der Waals surface area contributed by atoms with E-state index in [1.165, 1.54) is 0 Å². The first-order valence-electron chi connectivity index (χ1n) is 6.88. The summed E-state index contributed by atoms with van der Waals surface area (Å²) in [7, 11) is 3.87. The van der Waals surface area contributed by atoms with Gasteiger partial charge in [-0.05, 0) is 26.3 Å². The first kappa shape index (κ1) is 17.6. The van der Waals surface area contributed by atoms with Gasteiger partial charge in [-0.2, -0.15) is 0 Å². The molecule has 0 aliphatic heterocycles. The van der Waals surface area contributed by atoms with Gasteiger partial charge in [0, 0.05) is 46.5 Å². The number of hydrogen-bond donors (Lipinski definition) is 1. The summed E-state index contributed by atoms with van der Waals surface area (Å²) in [5.74, 6) is 0. The van der Waals surface area contributed by atoms with Gasteiger partial charge in [0.15, 0.2) is 0 Å². The van der Waals surface area contributed by atoms with Gasteiger partial charge in [0.25, 0.3) is 0 Å². The number of nitrogens with one attached hydrogen (secondary N) is 1. The lowest BCUT2D eigenvalue weighted by Crippen LogP contribution is -2.31. The van der Waals surface area contributed by atoms with Gasteiger partial charge in [-0.25, -0.2) is 0 Å². The average Bonchev–Trinajstić information content (AvgIpc) is 2.38. The molecular formula is C14H30N2O2. The van der Waals surface area contributed by atoms with Gasteiger partial charge in [0.2, 0.25) is 0 Å². The topological polar surface area (TPSA) is 33.7 Å². The number of ether oxygens (including phenoxy) is 2. The maximum atomic E-state index is 5.51. The molecule has 0 aromatic rings. The number of methoxy groups -OCH3 is 1. The molecule has 0 aromatic carbocycles. The zero-order valence-corrected chi connectivity index (χ0v) is 12.1. The Hall–Kier alpha value is -0.420.